The van der Waals surface area contributed by atoms with Gasteiger partial charge in [-0.05, 0) is 42.0 Å². The Kier molecular flexibility index (Phi) is 2.57. The maximum atomic E-state index is 6.14. The van der Waals surface area contributed by atoms with Gasteiger partial charge in [0.15, 0.2) is 5.65 Å². The molecule has 1 aliphatic carbocycles. The Morgan fingerprint density at radius 3 is 3.09 bits per heavy atom. The van der Waals surface area contributed by atoms with Crippen LogP contribution in [0.1, 0.15) is 29.4 Å². The third kappa shape index (κ3) is 1.86. The number of hydrogen-bond donors (Lipinski definition) is 0. The summed E-state index contributed by atoms with van der Waals surface area (Å²) in [5.74, 6) is 1.00. The van der Waals surface area contributed by atoms with Gasteiger partial charge in [-0.3, -0.25) is 0 Å². The molecule has 3 aromatic heterocycles. The first kappa shape index (κ1) is 12.6. The third-order valence-corrected chi connectivity index (χ3v) is 5.31. The van der Waals surface area contributed by atoms with Gasteiger partial charge in [0.2, 0.25) is 0 Å². The summed E-state index contributed by atoms with van der Waals surface area (Å²) in [5, 5.41) is 4.77. The molecule has 6 heteroatoms. The SMILES string of the molecule is Clc1cc([C@H]2C[C@@H]2c2ccc3ncsc3c2)c2nccn2n1. The number of aromatic nitrogens is 4. The number of benzene rings is 1. The molecule has 0 N–H and O–H groups in total. The van der Waals surface area contributed by atoms with Gasteiger partial charge in [-0.1, -0.05) is 17.7 Å². The van der Waals surface area contributed by atoms with Crippen molar-refractivity contribution in [3.05, 3.63) is 58.4 Å². The molecule has 108 valence electrons. The molecule has 0 radical (unpaired) electrons. The molecule has 1 saturated carbocycles. The lowest BCUT2D eigenvalue weighted by atomic mass is 10.1. The van der Waals surface area contributed by atoms with Crippen LogP contribution in [-0.2, 0) is 0 Å². The molecule has 1 fully saturated rings. The molecule has 0 aliphatic heterocycles. The summed E-state index contributed by atoms with van der Waals surface area (Å²) in [7, 11) is 0. The van der Waals surface area contributed by atoms with Crippen molar-refractivity contribution in [1.82, 2.24) is 19.6 Å². The van der Waals surface area contributed by atoms with Gasteiger partial charge >= 0.3 is 0 Å². The average Bonchev–Trinajstić information content (AvgIpc) is 2.93. The van der Waals surface area contributed by atoms with Crippen LogP contribution < -0.4 is 0 Å². The van der Waals surface area contributed by atoms with Crippen LogP contribution in [0.15, 0.2) is 42.2 Å². The van der Waals surface area contributed by atoms with Crippen LogP contribution in [0.4, 0.5) is 0 Å². The van der Waals surface area contributed by atoms with E-state index in [4.69, 9.17) is 11.6 Å². The number of thiazole rings is 1. The Morgan fingerprint density at radius 1 is 1.18 bits per heavy atom. The fourth-order valence-electron chi connectivity index (χ4n) is 3.19. The second-order valence-corrected chi connectivity index (χ2v) is 6.92. The zero-order chi connectivity index (χ0) is 14.7. The van der Waals surface area contributed by atoms with Crippen LogP contribution in [0, 0.1) is 0 Å². The van der Waals surface area contributed by atoms with Crippen molar-refractivity contribution in [3.63, 3.8) is 0 Å². The number of rotatable bonds is 2. The molecular formula is C16H11ClN4S. The van der Waals surface area contributed by atoms with Crippen molar-refractivity contribution in [1.29, 1.82) is 0 Å². The minimum atomic E-state index is 0.468. The van der Waals surface area contributed by atoms with Crippen molar-refractivity contribution >= 4 is 38.8 Å². The molecule has 0 amide bonds. The van der Waals surface area contributed by atoms with Gasteiger partial charge in [0.05, 0.1) is 15.7 Å². The van der Waals surface area contributed by atoms with E-state index in [0.29, 0.717) is 17.0 Å². The number of halogens is 1. The number of hydrogen-bond acceptors (Lipinski definition) is 4. The molecule has 0 spiro atoms. The highest BCUT2D eigenvalue weighted by molar-refractivity contribution is 7.16. The number of fused-ring (bicyclic) bond motifs is 2. The van der Waals surface area contributed by atoms with E-state index in [1.165, 1.54) is 15.8 Å². The molecule has 1 aliphatic rings. The van der Waals surface area contributed by atoms with Crippen LogP contribution >= 0.6 is 22.9 Å². The van der Waals surface area contributed by atoms with Gasteiger partial charge in [-0.2, -0.15) is 5.10 Å². The summed E-state index contributed by atoms with van der Waals surface area (Å²) in [6.45, 7) is 0. The Morgan fingerprint density at radius 2 is 2.14 bits per heavy atom. The summed E-state index contributed by atoms with van der Waals surface area (Å²) in [6, 6.07) is 8.53. The highest BCUT2D eigenvalue weighted by Crippen LogP contribution is 2.55. The summed E-state index contributed by atoms with van der Waals surface area (Å²) < 4.78 is 3.02. The summed E-state index contributed by atoms with van der Waals surface area (Å²) in [5.41, 5.74) is 6.46. The van der Waals surface area contributed by atoms with Gasteiger partial charge in [0.1, 0.15) is 5.15 Å². The lowest BCUT2D eigenvalue weighted by Crippen LogP contribution is -1.96. The maximum Gasteiger partial charge on any atom is 0.157 e. The van der Waals surface area contributed by atoms with Crippen LogP contribution in [0.25, 0.3) is 15.9 Å². The monoisotopic (exact) mass is 326 g/mol. The Labute approximate surface area is 135 Å². The fourth-order valence-corrected chi connectivity index (χ4v) is 4.12. The maximum absolute atomic E-state index is 6.14. The molecule has 5 rings (SSSR count). The van der Waals surface area contributed by atoms with Crippen molar-refractivity contribution in [3.8, 4) is 0 Å². The van der Waals surface area contributed by atoms with E-state index in [-0.39, 0.29) is 0 Å². The molecule has 0 unspecified atom stereocenters. The van der Waals surface area contributed by atoms with Crippen molar-refractivity contribution < 1.29 is 0 Å². The zero-order valence-corrected chi connectivity index (χ0v) is 13.1. The van der Waals surface area contributed by atoms with Crippen LogP contribution in [-0.4, -0.2) is 19.6 Å². The summed E-state index contributed by atoms with van der Waals surface area (Å²) >= 11 is 7.83. The molecule has 4 aromatic rings. The van der Waals surface area contributed by atoms with Gasteiger partial charge in [-0.15, -0.1) is 11.3 Å². The molecule has 4 nitrogen and oxygen atoms in total. The van der Waals surface area contributed by atoms with Crippen LogP contribution in [0.3, 0.4) is 0 Å². The standard InChI is InChI=1S/C16H11ClN4S/c17-15-7-12(16-18-3-4-21(16)20-15)11-6-10(11)9-1-2-13-14(5-9)22-8-19-13/h1-5,7-8,10-11H,6H2/t10-,11+/m1/s1. The first-order valence-electron chi connectivity index (χ1n) is 7.12. The topological polar surface area (TPSA) is 43.1 Å². The first-order valence-corrected chi connectivity index (χ1v) is 8.38. The second-order valence-electron chi connectivity index (χ2n) is 5.65. The highest BCUT2D eigenvalue weighted by Gasteiger charge is 2.41. The van der Waals surface area contributed by atoms with Crippen LogP contribution in [0.5, 0.6) is 0 Å². The smallest absolute Gasteiger partial charge is 0.157 e. The fraction of sp³-hybridized carbons (Fsp3) is 0.188. The van der Waals surface area contributed by atoms with E-state index < -0.39 is 0 Å². The summed E-state index contributed by atoms with van der Waals surface area (Å²) in [6.07, 6.45) is 4.74. The molecule has 2 atom stereocenters. The first-order chi connectivity index (χ1) is 10.8. The van der Waals surface area contributed by atoms with E-state index in [1.807, 2.05) is 17.8 Å². The largest absolute Gasteiger partial charge is 0.245 e. The van der Waals surface area contributed by atoms with E-state index in [0.717, 1.165) is 17.6 Å². The normalized spacial score (nSPS) is 20.8. The van der Waals surface area contributed by atoms with Crippen molar-refractivity contribution in [2.24, 2.45) is 0 Å². The Balaban J connectivity index is 1.56. The minimum Gasteiger partial charge on any atom is -0.245 e. The number of imidazole rings is 1. The lowest BCUT2D eigenvalue weighted by Gasteiger charge is -2.04. The molecule has 3 heterocycles. The quantitative estimate of drug-likeness (QED) is 0.552. The number of nitrogens with zero attached hydrogens (tertiary/aromatic N) is 4. The van der Waals surface area contributed by atoms with E-state index in [2.05, 4.69) is 33.3 Å². The van der Waals surface area contributed by atoms with E-state index >= 15 is 0 Å². The zero-order valence-electron chi connectivity index (χ0n) is 11.5. The molecular weight excluding hydrogens is 316 g/mol. The van der Waals surface area contributed by atoms with Crippen molar-refractivity contribution in [2.75, 3.05) is 0 Å². The second kappa shape index (κ2) is 4.51. The molecule has 0 saturated heterocycles. The van der Waals surface area contributed by atoms with Gasteiger partial charge in [0, 0.05) is 18.0 Å². The van der Waals surface area contributed by atoms with Crippen molar-refractivity contribution in [2.45, 2.75) is 18.3 Å². The Hall–Kier alpha value is -1.98. The highest BCUT2D eigenvalue weighted by atomic mass is 35.5. The Bertz CT molecular complexity index is 1010. The third-order valence-electron chi connectivity index (χ3n) is 4.33. The van der Waals surface area contributed by atoms with Crippen LogP contribution in [0.2, 0.25) is 5.15 Å². The predicted octanol–water partition coefficient (Wildman–Crippen LogP) is 4.26. The molecule has 1 aromatic carbocycles. The predicted molar refractivity (Wildman–Crippen MR) is 87.7 cm³/mol. The molecule has 22 heavy (non-hydrogen) atoms. The van der Waals surface area contributed by atoms with E-state index in [9.17, 15) is 0 Å². The van der Waals surface area contributed by atoms with Gasteiger partial charge in [-0.25, -0.2) is 14.5 Å². The lowest BCUT2D eigenvalue weighted by molar-refractivity contribution is 0.906. The average molecular weight is 327 g/mol. The molecule has 0 bridgehead atoms. The van der Waals surface area contributed by atoms with E-state index in [1.54, 1.807) is 22.0 Å². The van der Waals surface area contributed by atoms with Gasteiger partial charge < -0.3 is 0 Å². The minimum absolute atomic E-state index is 0.468. The van der Waals surface area contributed by atoms with Gasteiger partial charge in [0.25, 0.3) is 0 Å². The summed E-state index contributed by atoms with van der Waals surface area (Å²) in [4.78, 5) is 8.77.